The molecule has 0 fully saturated rings. The molecule has 0 radical (unpaired) electrons. The van der Waals surface area contributed by atoms with Gasteiger partial charge in [0.2, 0.25) is 0 Å². The Morgan fingerprint density at radius 3 is 1.50 bits per heavy atom. The molecule has 0 aliphatic rings. The first-order chi connectivity index (χ1) is 6.45. The Morgan fingerprint density at radius 2 is 1.29 bits per heavy atom. The van der Waals surface area contributed by atoms with Crippen molar-refractivity contribution >= 4 is 43.8 Å². The monoisotopic (exact) mass is 330 g/mol. The molecule has 0 spiro atoms. The number of halogens is 2. The number of alkyl halides is 2. The molecule has 4 nitrogen and oxygen atoms in total. The molecule has 6 heteroatoms. The number of carbonyl (C=O) groups is 2. The van der Waals surface area contributed by atoms with E-state index in [1.165, 1.54) is 0 Å². The van der Waals surface area contributed by atoms with Gasteiger partial charge in [0.15, 0.2) is 0 Å². The van der Waals surface area contributed by atoms with Gasteiger partial charge in [0.1, 0.15) is 22.9 Å². The summed E-state index contributed by atoms with van der Waals surface area (Å²) < 4.78 is 9.51. The highest BCUT2D eigenvalue weighted by atomic mass is 79.9. The van der Waals surface area contributed by atoms with Gasteiger partial charge >= 0.3 is 11.9 Å². The lowest BCUT2D eigenvalue weighted by Crippen LogP contribution is -2.20. The quantitative estimate of drug-likeness (QED) is 0.436. The third-order valence-electron chi connectivity index (χ3n) is 1.22. The van der Waals surface area contributed by atoms with Crippen molar-refractivity contribution in [3.05, 3.63) is 0 Å². The first-order valence-electron chi connectivity index (χ1n) is 4.06. The molecule has 2 unspecified atom stereocenters. The van der Waals surface area contributed by atoms with Crippen LogP contribution in [0.25, 0.3) is 0 Å². The average Bonchev–Trinajstić information content (AvgIpc) is 2.11. The van der Waals surface area contributed by atoms with E-state index in [0.717, 1.165) is 0 Å². The Labute approximate surface area is 99.6 Å². The van der Waals surface area contributed by atoms with E-state index in [4.69, 9.17) is 9.47 Å². The van der Waals surface area contributed by atoms with Crippen LogP contribution in [0, 0.1) is 0 Å². The predicted molar refractivity (Wildman–Crippen MR) is 58.7 cm³/mol. The van der Waals surface area contributed by atoms with Crippen molar-refractivity contribution in [3.63, 3.8) is 0 Å². The number of rotatable bonds is 5. The number of hydrogen-bond donors (Lipinski definition) is 0. The maximum absolute atomic E-state index is 10.9. The Hall–Kier alpha value is -0.100. The van der Waals surface area contributed by atoms with Gasteiger partial charge in [-0.25, -0.2) is 0 Å². The zero-order chi connectivity index (χ0) is 11.1. The number of hydrogen-bond acceptors (Lipinski definition) is 4. The van der Waals surface area contributed by atoms with Gasteiger partial charge in [-0.15, -0.1) is 0 Å². The maximum atomic E-state index is 10.9. The lowest BCUT2D eigenvalue weighted by molar-refractivity contribution is -0.151. The van der Waals surface area contributed by atoms with Crippen molar-refractivity contribution in [2.75, 3.05) is 13.2 Å². The van der Waals surface area contributed by atoms with E-state index in [-0.39, 0.29) is 34.8 Å². The van der Waals surface area contributed by atoms with Crippen LogP contribution >= 0.6 is 31.9 Å². The Morgan fingerprint density at radius 1 is 1.00 bits per heavy atom. The molecule has 0 saturated heterocycles. The van der Waals surface area contributed by atoms with E-state index in [0.29, 0.717) is 0 Å². The predicted octanol–water partition coefficient (Wildman–Crippen LogP) is 1.64. The van der Waals surface area contributed by atoms with Gasteiger partial charge in [0.25, 0.3) is 0 Å². The van der Waals surface area contributed by atoms with E-state index in [1.807, 2.05) is 0 Å². The van der Waals surface area contributed by atoms with Crippen LogP contribution in [0.3, 0.4) is 0 Å². The summed E-state index contributed by atoms with van der Waals surface area (Å²) in [5, 5.41) is 0. The number of carbonyl (C=O) groups excluding carboxylic acids is 2. The molecule has 14 heavy (non-hydrogen) atoms. The smallest absolute Gasteiger partial charge is 0.319 e. The summed E-state index contributed by atoms with van der Waals surface area (Å²) in [6, 6.07) is 0. The largest absolute Gasteiger partial charge is 0.461 e. The molecule has 0 aliphatic carbocycles. The van der Waals surface area contributed by atoms with Crippen LogP contribution in [-0.4, -0.2) is 34.8 Å². The first kappa shape index (κ1) is 13.9. The van der Waals surface area contributed by atoms with E-state index in [1.54, 1.807) is 13.8 Å². The molecule has 0 amide bonds. The molecule has 0 N–H and O–H groups in total. The summed E-state index contributed by atoms with van der Waals surface area (Å²) >= 11 is 6.11. The highest BCUT2D eigenvalue weighted by Gasteiger charge is 2.12. The summed E-state index contributed by atoms with van der Waals surface area (Å²) in [4.78, 5) is 21.1. The minimum atomic E-state index is -0.368. The number of esters is 2. The van der Waals surface area contributed by atoms with E-state index >= 15 is 0 Å². The van der Waals surface area contributed by atoms with Gasteiger partial charge in [-0.2, -0.15) is 0 Å². The van der Waals surface area contributed by atoms with Crippen LogP contribution in [0.1, 0.15) is 13.8 Å². The minimum Gasteiger partial charge on any atom is -0.461 e. The summed E-state index contributed by atoms with van der Waals surface area (Å²) in [7, 11) is 0. The normalized spacial score (nSPS) is 14.3. The molecular weight excluding hydrogens is 320 g/mol. The fraction of sp³-hybridized carbons (Fsp3) is 0.750. The van der Waals surface area contributed by atoms with Crippen LogP contribution in [0.15, 0.2) is 0 Å². The summed E-state index contributed by atoms with van der Waals surface area (Å²) in [6.45, 7) is 3.49. The van der Waals surface area contributed by atoms with Crippen LogP contribution < -0.4 is 0 Å². The molecular formula is C8H12Br2O4. The van der Waals surface area contributed by atoms with Gasteiger partial charge in [-0.3, -0.25) is 9.59 Å². The molecule has 0 heterocycles. The average molecular weight is 332 g/mol. The first-order valence-corrected chi connectivity index (χ1v) is 5.89. The van der Waals surface area contributed by atoms with Crippen molar-refractivity contribution in [1.29, 1.82) is 0 Å². The lowest BCUT2D eigenvalue weighted by atomic mass is 10.5. The van der Waals surface area contributed by atoms with Crippen LogP contribution in [-0.2, 0) is 19.1 Å². The third kappa shape index (κ3) is 6.37. The zero-order valence-electron chi connectivity index (χ0n) is 7.96. The number of ether oxygens (including phenoxy) is 2. The second-order valence-corrected chi connectivity index (χ2v) is 5.31. The molecule has 0 aromatic carbocycles. The van der Waals surface area contributed by atoms with Crippen LogP contribution in [0.2, 0.25) is 0 Å². The second-order valence-electron chi connectivity index (χ2n) is 2.57. The van der Waals surface area contributed by atoms with Gasteiger partial charge in [-0.1, -0.05) is 31.9 Å². The van der Waals surface area contributed by atoms with Crippen molar-refractivity contribution in [2.45, 2.75) is 23.5 Å². The van der Waals surface area contributed by atoms with E-state index in [2.05, 4.69) is 31.9 Å². The lowest BCUT2D eigenvalue weighted by Gasteiger charge is -2.07. The molecule has 0 aliphatic heterocycles. The molecule has 0 aromatic heterocycles. The van der Waals surface area contributed by atoms with Crippen molar-refractivity contribution in [3.8, 4) is 0 Å². The van der Waals surface area contributed by atoms with Gasteiger partial charge in [0, 0.05) is 0 Å². The molecule has 0 rings (SSSR count). The Balaban J connectivity index is 3.48. The maximum Gasteiger partial charge on any atom is 0.319 e. The third-order valence-corrected chi connectivity index (χ3v) is 1.97. The van der Waals surface area contributed by atoms with Crippen molar-refractivity contribution < 1.29 is 19.1 Å². The Kier molecular flexibility index (Phi) is 7.17. The molecule has 0 bridgehead atoms. The summed E-state index contributed by atoms with van der Waals surface area (Å²) in [5.74, 6) is -0.735. The van der Waals surface area contributed by atoms with E-state index < -0.39 is 0 Å². The minimum absolute atomic E-state index is 0.0836. The summed E-state index contributed by atoms with van der Waals surface area (Å²) in [6.07, 6.45) is 0. The van der Waals surface area contributed by atoms with Crippen LogP contribution in [0.5, 0.6) is 0 Å². The van der Waals surface area contributed by atoms with Crippen molar-refractivity contribution in [1.82, 2.24) is 0 Å². The second kappa shape index (κ2) is 7.23. The Bertz CT molecular complexity index is 182. The highest BCUT2D eigenvalue weighted by Crippen LogP contribution is 2.01. The van der Waals surface area contributed by atoms with Gasteiger partial charge in [-0.05, 0) is 13.8 Å². The topological polar surface area (TPSA) is 52.6 Å². The SMILES string of the molecule is CC(Br)C(=O)OCCOC(=O)C(C)Br. The van der Waals surface area contributed by atoms with Gasteiger partial charge in [0.05, 0.1) is 0 Å². The molecule has 0 aromatic rings. The summed E-state index contributed by atoms with van der Waals surface area (Å²) in [5.41, 5.74) is 0. The zero-order valence-corrected chi connectivity index (χ0v) is 11.1. The van der Waals surface area contributed by atoms with Crippen molar-refractivity contribution in [2.24, 2.45) is 0 Å². The van der Waals surface area contributed by atoms with Gasteiger partial charge < -0.3 is 9.47 Å². The van der Waals surface area contributed by atoms with E-state index in [9.17, 15) is 9.59 Å². The molecule has 0 saturated carbocycles. The fourth-order valence-electron chi connectivity index (χ4n) is 0.514. The highest BCUT2D eigenvalue weighted by molar-refractivity contribution is 9.10. The van der Waals surface area contributed by atoms with Crippen LogP contribution in [0.4, 0.5) is 0 Å². The fourth-order valence-corrected chi connectivity index (χ4v) is 0.779. The molecule has 82 valence electrons. The standard InChI is InChI=1S/C8H12Br2O4/c1-5(9)7(11)13-3-4-14-8(12)6(2)10/h5-6H,3-4H2,1-2H3. The molecule has 2 atom stereocenters.